The fourth-order valence-corrected chi connectivity index (χ4v) is 4.64. The Bertz CT molecular complexity index is 913. The lowest BCUT2D eigenvalue weighted by Crippen LogP contribution is -2.32. The highest BCUT2D eigenvalue weighted by Crippen LogP contribution is 2.30. The van der Waals surface area contributed by atoms with Gasteiger partial charge in [-0.2, -0.15) is 0 Å². The summed E-state index contributed by atoms with van der Waals surface area (Å²) < 4.78 is 13.1. The highest BCUT2D eigenvalue weighted by Gasteiger charge is 2.23. The number of pyridine rings is 1. The maximum atomic E-state index is 13.1. The second kappa shape index (κ2) is 9.43. The summed E-state index contributed by atoms with van der Waals surface area (Å²) >= 11 is 1.51. The van der Waals surface area contributed by atoms with Crippen LogP contribution < -0.4 is 5.32 Å². The van der Waals surface area contributed by atoms with Crippen LogP contribution in [0.5, 0.6) is 0 Å². The third-order valence-corrected chi connectivity index (χ3v) is 6.31. The van der Waals surface area contributed by atoms with Crippen molar-refractivity contribution in [2.24, 2.45) is 0 Å². The first-order valence-corrected chi connectivity index (χ1v) is 10.8. The first kappa shape index (κ1) is 19.9. The van der Waals surface area contributed by atoms with Crippen molar-refractivity contribution in [3.8, 4) is 10.4 Å². The van der Waals surface area contributed by atoms with Crippen molar-refractivity contribution in [2.45, 2.75) is 31.7 Å². The van der Waals surface area contributed by atoms with E-state index >= 15 is 0 Å². The van der Waals surface area contributed by atoms with Crippen LogP contribution in [0, 0.1) is 5.82 Å². The number of aryl methyl sites for hydroxylation is 1. The van der Waals surface area contributed by atoms with Crippen LogP contribution in [0.4, 0.5) is 15.3 Å². The lowest BCUT2D eigenvalue weighted by atomic mass is 10.0. The molecule has 2 aromatic heterocycles. The minimum atomic E-state index is -0.241. The molecule has 7 heteroatoms. The van der Waals surface area contributed by atoms with Gasteiger partial charge in [0.1, 0.15) is 11.6 Å². The predicted molar refractivity (Wildman–Crippen MR) is 115 cm³/mol. The molecule has 1 aliphatic heterocycles. The molecule has 1 atom stereocenters. The van der Waals surface area contributed by atoms with Gasteiger partial charge in [-0.25, -0.2) is 14.4 Å². The van der Waals surface area contributed by atoms with Crippen molar-refractivity contribution >= 4 is 22.3 Å². The number of benzene rings is 1. The summed E-state index contributed by atoms with van der Waals surface area (Å²) in [7, 11) is 0. The zero-order valence-electron chi connectivity index (χ0n) is 16.2. The van der Waals surface area contributed by atoms with E-state index in [4.69, 9.17) is 0 Å². The van der Waals surface area contributed by atoms with E-state index in [1.807, 2.05) is 12.3 Å². The number of likely N-dealkylation sites (tertiary alicyclic amines) is 1. The Morgan fingerprint density at radius 3 is 2.76 bits per heavy atom. The fourth-order valence-electron chi connectivity index (χ4n) is 3.81. The number of β-amino-alcohol motifs (C(OH)–C–C–N with tert-alkyl or cyclic N) is 1. The minimum absolute atomic E-state index is 0.234. The quantitative estimate of drug-likeness (QED) is 0.571. The lowest BCUT2D eigenvalue weighted by molar-refractivity contribution is 0.180. The first-order valence-electron chi connectivity index (χ1n) is 10.00. The number of hydrogen-bond acceptors (Lipinski definition) is 6. The van der Waals surface area contributed by atoms with Crippen molar-refractivity contribution in [3.05, 3.63) is 60.2 Å². The number of thiazole rings is 1. The van der Waals surface area contributed by atoms with Crippen LogP contribution in [-0.2, 0) is 6.42 Å². The van der Waals surface area contributed by atoms with Gasteiger partial charge in [-0.15, -0.1) is 0 Å². The van der Waals surface area contributed by atoms with Crippen molar-refractivity contribution in [1.82, 2.24) is 14.9 Å². The van der Waals surface area contributed by atoms with E-state index in [2.05, 4.69) is 26.3 Å². The third kappa shape index (κ3) is 5.18. The van der Waals surface area contributed by atoms with Crippen molar-refractivity contribution in [3.63, 3.8) is 0 Å². The van der Waals surface area contributed by atoms with Gasteiger partial charge in [-0.1, -0.05) is 29.5 Å². The van der Waals surface area contributed by atoms with E-state index in [1.54, 1.807) is 18.3 Å². The summed E-state index contributed by atoms with van der Waals surface area (Å²) in [5.41, 5.74) is 2.17. The van der Waals surface area contributed by atoms with Gasteiger partial charge in [0.05, 0.1) is 11.5 Å². The molecule has 0 amide bonds. The van der Waals surface area contributed by atoms with Crippen LogP contribution in [-0.4, -0.2) is 45.7 Å². The topological polar surface area (TPSA) is 61.3 Å². The molecule has 0 saturated carbocycles. The Balaban J connectivity index is 1.32. The molecule has 29 heavy (non-hydrogen) atoms. The Morgan fingerprint density at radius 2 is 2.00 bits per heavy atom. The monoisotopic (exact) mass is 412 g/mol. The van der Waals surface area contributed by atoms with Gasteiger partial charge in [-0.3, -0.25) is 4.90 Å². The van der Waals surface area contributed by atoms with Crippen molar-refractivity contribution in [1.29, 1.82) is 0 Å². The lowest BCUT2D eigenvalue weighted by Gasteiger charge is -2.23. The molecule has 1 saturated heterocycles. The van der Waals surface area contributed by atoms with E-state index in [-0.39, 0.29) is 12.4 Å². The van der Waals surface area contributed by atoms with Crippen LogP contribution in [0.2, 0.25) is 0 Å². The highest BCUT2D eigenvalue weighted by molar-refractivity contribution is 7.18. The van der Waals surface area contributed by atoms with Crippen LogP contribution in [0.25, 0.3) is 10.4 Å². The Kier molecular flexibility index (Phi) is 6.49. The molecule has 1 unspecified atom stereocenters. The standard InChI is InChI=1S/C22H25FN4OS/c23-18-7-5-17(6-8-18)20-15-25-22(29-20)26-21-10-4-16(14-24-21)3-9-19-2-1-11-27(19)12-13-28/h4-8,10,14-15,19,28H,1-3,9,11-13H2,(H,24,25,26). The van der Waals surface area contributed by atoms with Gasteiger partial charge in [0.15, 0.2) is 5.13 Å². The number of nitrogens with one attached hydrogen (secondary N) is 1. The summed E-state index contributed by atoms with van der Waals surface area (Å²) in [6.07, 6.45) is 8.23. The fraction of sp³-hybridized carbons (Fsp3) is 0.364. The van der Waals surface area contributed by atoms with E-state index in [9.17, 15) is 9.50 Å². The van der Waals surface area contributed by atoms with Crippen LogP contribution in [0.15, 0.2) is 48.8 Å². The Labute approximate surface area is 174 Å². The maximum Gasteiger partial charge on any atom is 0.188 e. The number of anilines is 2. The molecule has 1 aromatic carbocycles. The third-order valence-electron chi connectivity index (χ3n) is 5.35. The van der Waals surface area contributed by atoms with Gasteiger partial charge in [0.2, 0.25) is 0 Å². The van der Waals surface area contributed by atoms with Gasteiger partial charge >= 0.3 is 0 Å². The molecule has 5 nitrogen and oxygen atoms in total. The molecule has 1 aliphatic rings. The normalized spacial score (nSPS) is 17.0. The van der Waals surface area contributed by atoms with Crippen LogP contribution >= 0.6 is 11.3 Å². The van der Waals surface area contributed by atoms with Crippen molar-refractivity contribution in [2.75, 3.05) is 25.0 Å². The number of aliphatic hydroxyl groups excluding tert-OH is 1. The summed E-state index contributed by atoms with van der Waals surface area (Å²) in [6.45, 7) is 2.11. The molecule has 0 aliphatic carbocycles. The zero-order chi connectivity index (χ0) is 20.1. The first-order chi connectivity index (χ1) is 14.2. The second-order valence-corrected chi connectivity index (χ2v) is 8.34. The van der Waals surface area contributed by atoms with Crippen molar-refractivity contribution < 1.29 is 9.50 Å². The largest absolute Gasteiger partial charge is 0.395 e. The molecular formula is C22H25FN4OS. The average Bonchev–Trinajstić information content (AvgIpc) is 3.38. The van der Waals surface area contributed by atoms with E-state index in [1.165, 1.54) is 41.9 Å². The SMILES string of the molecule is OCCN1CCCC1CCc1ccc(Nc2ncc(-c3ccc(F)cc3)s2)nc1. The molecule has 0 spiro atoms. The van der Waals surface area contributed by atoms with E-state index in [0.717, 1.165) is 47.3 Å². The van der Waals surface area contributed by atoms with Gasteiger partial charge in [0.25, 0.3) is 0 Å². The number of aliphatic hydroxyl groups is 1. The van der Waals surface area contributed by atoms with Crippen LogP contribution in [0.3, 0.4) is 0 Å². The molecule has 152 valence electrons. The molecular weight excluding hydrogens is 387 g/mol. The Hall–Kier alpha value is -2.35. The van der Waals surface area contributed by atoms with Crippen LogP contribution in [0.1, 0.15) is 24.8 Å². The van der Waals surface area contributed by atoms with E-state index in [0.29, 0.717) is 6.04 Å². The molecule has 3 heterocycles. The smallest absolute Gasteiger partial charge is 0.188 e. The minimum Gasteiger partial charge on any atom is -0.395 e. The Morgan fingerprint density at radius 1 is 1.14 bits per heavy atom. The molecule has 1 fully saturated rings. The number of halogens is 1. The van der Waals surface area contributed by atoms with E-state index < -0.39 is 0 Å². The number of hydrogen-bond donors (Lipinski definition) is 2. The summed E-state index contributed by atoms with van der Waals surface area (Å²) in [5.74, 6) is 0.520. The second-order valence-electron chi connectivity index (χ2n) is 7.31. The number of nitrogens with zero attached hydrogens (tertiary/aromatic N) is 3. The average molecular weight is 413 g/mol. The highest BCUT2D eigenvalue weighted by atomic mass is 32.1. The molecule has 4 rings (SSSR count). The zero-order valence-corrected chi connectivity index (χ0v) is 17.0. The van der Waals surface area contributed by atoms with Gasteiger partial charge < -0.3 is 10.4 Å². The summed E-state index contributed by atoms with van der Waals surface area (Å²) in [4.78, 5) is 12.3. The summed E-state index contributed by atoms with van der Waals surface area (Å²) in [5, 5.41) is 13.2. The molecule has 0 bridgehead atoms. The summed E-state index contributed by atoms with van der Waals surface area (Å²) in [6, 6.07) is 11.1. The molecule has 3 aromatic rings. The van der Waals surface area contributed by atoms with Gasteiger partial charge in [-0.05, 0) is 61.6 Å². The number of rotatable bonds is 8. The molecule has 0 radical (unpaired) electrons. The predicted octanol–water partition coefficient (Wildman–Crippen LogP) is 4.48. The number of aromatic nitrogens is 2. The molecule has 2 N–H and O–H groups in total. The maximum absolute atomic E-state index is 13.1. The van der Waals surface area contributed by atoms with Gasteiger partial charge in [0, 0.05) is 25.0 Å².